The third kappa shape index (κ3) is 46.0. The van der Waals surface area contributed by atoms with Crippen LogP contribution in [0, 0.1) is 5.92 Å². The van der Waals surface area contributed by atoms with E-state index in [4.69, 9.17) is 49.4 Å². The molecule has 8 amide bonds. The number of nitrogens with one attached hydrogen (secondary N) is 6. The second-order valence-electron chi connectivity index (χ2n) is 14.7. The summed E-state index contributed by atoms with van der Waals surface area (Å²) in [4.78, 5) is 92.9. The van der Waals surface area contributed by atoms with Crippen molar-refractivity contribution in [2.75, 3.05) is 145 Å². The van der Waals surface area contributed by atoms with Gasteiger partial charge in [0, 0.05) is 64.4 Å². The first-order valence-corrected chi connectivity index (χ1v) is 22.7. The SMILES string of the molecule is C[C@@H](CCCCNC(=O)COCCOCCNC(=O)COCCOCCNC(=O)CCCC(=O)NCCOCCOCC(=O)NCCOCCOCC(=O)NCCCCCC(N)=O)C(N)=O. The topological polar surface area (TPSA) is 335 Å². The smallest absolute Gasteiger partial charge is 0.246 e. The van der Waals surface area contributed by atoms with E-state index >= 15 is 0 Å². The Morgan fingerprint density at radius 2 is 0.667 bits per heavy atom. The highest BCUT2D eigenvalue weighted by Gasteiger charge is 2.09. The molecule has 10 N–H and O–H groups in total. The molecular weight excluding hydrogens is 873 g/mol. The molecule has 0 saturated carbocycles. The number of hydrogen-bond donors (Lipinski definition) is 8. The molecule has 0 aromatic heterocycles. The maximum Gasteiger partial charge on any atom is 0.246 e. The minimum Gasteiger partial charge on any atom is -0.377 e. The molecular formula is C42H78N8O16. The second-order valence-corrected chi connectivity index (χ2v) is 14.7. The van der Waals surface area contributed by atoms with Gasteiger partial charge in [-0.15, -0.1) is 0 Å². The number of amides is 8. The van der Waals surface area contributed by atoms with Crippen molar-refractivity contribution in [3.63, 3.8) is 0 Å². The van der Waals surface area contributed by atoms with Crippen LogP contribution in [-0.2, 0) is 76.3 Å². The highest BCUT2D eigenvalue weighted by Crippen LogP contribution is 2.06. The van der Waals surface area contributed by atoms with Crippen LogP contribution < -0.4 is 43.4 Å². The largest absolute Gasteiger partial charge is 0.377 e. The Morgan fingerprint density at radius 3 is 1.02 bits per heavy atom. The number of carbonyl (C=O) groups excluding carboxylic acids is 8. The van der Waals surface area contributed by atoms with Crippen molar-refractivity contribution in [2.24, 2.45) is 17.4 Å². The minimum absolute atomic E-state index is 0.0797. The highest BCUT2D eigenvalue weighted by molar-refractivity contribution is 5.79. The fraction of sp³-hybridized carbons (Fsp3) is 0.810. The molecule has 66 heavy (non-hydrogen) atoms. The molecule has 0 aliphatic carbocycles. The molecule has 0 aliphatic heterocycles. The number of carbonyl (C=O) groups is 8. The number of hydrogen-bond acceptors (Lipinski definition) is 16. The predicted molar refractivity (Wildman–Crippen MR) is 238 cm³/mol. The molecule has 0 fully saturated rings. The lowest BCUT2D eigenvalue weighted by atomic mass is 10.0. The van der Waals surface area contributed by atoms with Crippen LogP contribution in [0.2, 0.25) is 0 Å². The van der Waals surface area contributed by atoms with E-state index in [0.717, 1.165) is 25.7 Å². The van der Waals surface area contributed by atoms with Crippen molar-refractivity contribution in [1.82, 2.24) is 31.9 Å². The van der Waals surface area contributed by atoms with Crippen LogP contribution >= 0.6 is 0 Å². The lowest BCUT2D eigenvalue weighted by Gasteiger charge is -2.09. The van der Waals surface area contributed by atoms with E-state index in [9.17, 15) is 38.4 Å². The third-order valence-corrected chi connectivity index (χ3v) is 8.80. The fourth-order valence-corrected chi connectivity index (χ4v) is 5.15. The Labute approximate surface area is 388 Å². The van der Waals surface area contributed by atoms with E-state index in [2.05, 4.69) is 31.9 Å². The molecule has 0 spiro atoms. The molecule has 0 aromatic carbocycles. The zero-order valence-corrected chi connectivity index (χ0v) is 38.9. The Morgan fingerprint density at radius 1 is 0.348 bits per heavy atom. The number of nitrogens with two attached hydrogens (primary N) is 2. The Hall–Kier alpha value is -4.56. The van der Waals surface area contributed by atoms with E-state index in [-0.39, 0.29) is 198 Å². The predicted octanol–water partition coefficient (Wildman–Crippen LogP) is -2.68. The van der Waals surface area contributed by atoms with Gasteiger partial charge in [-0.2, -0.15) is 0 Å². The summed E-state index contributed by atoms with van der Waals surface area (Å²) in [5.41, 5.74) is 10.3. The number of unbranched alkanes of at least 4 members (excludes halogenated alkanes) is 3. The summed E-state index contributed by atoms with van der Waals surface area (Å²) in [5, 5.41) is 16.2. The van der Waals surface area contributed by atoms with Crippen molar-refractivity contribution in [1.29, 1.82) is 0 Å². The van der Waals surface area contributed by atoms with Crippen molar-refractivity contribution in [3.05, 3.63) is 0 Å². The second kappa shape index (κ2) is 45.6. The standard InChI is InChI=1S/C42H78N8O16/c1-34(42(44)58)8-4-6-13-46-39(55)31-64-27-25-62-21-17-50-41(57)33-66-29-23-60-19-15-48-37(53)11-7-10-36(52)47-14-18-59-22-28-65-32-40(56)49-16-20-61-24-26-63-30-38(54)45-12-5-2-3-9-35(43)51/h34H,2-33H2,1H3,(H2,43,51)(H2,44,58)(H,45,54)(H,46,55)(H,47,52)(H,48,53)(H,49,56)(H,50,57)/t34-/m0/s1. The van der Waals surface area contributed by atoms with Gasteiger partial charge in [-0.25, -0.2) is 0 Å². The van der Waals surface area contributed by atoms with E-state index in [1.165, 1.54) is 0 Å². The van der Waals surface area contributed by atoms with E-state index in [1.54, 1.807) is 6.92 Å². The highest BCUT2D eigenvalue weighted by atomic mass is 16.5. The first kappa shape index (κ1) is 61.4. The molecule has 382 valence electrons. The Kier molecular flexibility index (Phi) is 42.4. The first-order chi connectivity index (χ1) is 31.9. The Balaban J connectivity index is 3.45. The van der Waals surface area contributed by atoms with Crippen molar-refractivity contribution in [2.45, 2.75) is 71.1 Å². The van der Waals surface area contributed by atoms with Gasteiger partial charge in [0.05, 0.1) is 79.3 Å². The average Bonchev–Trinajstić information content (AvgIpc) is 3.27. The summed E-state index contributed by atoms with van der Waals surface area (Å²) in [6.45, 7) is 6.39. The Bertz CT molecular complexity index is 1330. The molecule has 0 rings (SSSR count). The molecule has 0 bridgehead atoms. The first-order valence-electron chi connectivity index (χ1n) is 22.7. The number of primary amides is 2. The summed E-state index contributed by atoms with van der Waals surface area (Å²) in [5.74, 6) is -2.31. The van der Waals surface area contributed by atoms with E-state index in [1.807, 2.05) is 0 Å². The van der Waals surface area contributed by atoms with Gasteiger partial charge in [0.2, 0.25) is 47.3 Å². The summed E-state index contributed by atoms with van der Waals surface area (Å²) in [6.07, 6.45) is 5.58. The molecule has 24 heteroatoms. The van der Waals surface area contributed by atoms with Crippen LogP contribution in [0.15, 0.2) is 0 Å². The van der Waals surface area contributed by atoms with Crippen LogP contribution in [-0.4, -0.2) is 192 Å². The monoisotopic (exact) mass is 951 g/mol. The lowest BCUT2D eigenvalue weighted by Crippen LogP contribution is -2.32. The van der Waals surface area contributed by atoms with Crippen LogP contribution in [0.5, 0.6) is 0 Å². The van der Waals surface area contributed by atoms with Gasteiger partial charge < -0.3 is 81.3 Å². The van der Waals surface area contributed by atoms with Crippen molar-refractivity contribution < 1.29 is 76.3 Å². The molecule has 1 atom stereocenters. The number of rotatable bonds is 48. The van der Waals surface area contributed by atoms with Crippen molar-refractivity contribution >= 4 is 47.3 Å². The molecule has 0 heterocycles. The molecule has 0 radical (unpaired) electrons. The van der Waals surface area contributed by atoms with E-state index < -0.39 is 0 Å². The molecule has 0 saturated heterocycles. The summed E-state index contributed by atoms with van der Waals surface area (Å²) in [6, 6.07) is 0. The molecule has 0 aliphatic rings. The summed E-state index contributed by atoms with van der Waals surface area (Å²) < 4.78 is 42.6. The molecule has 24 nitrogen and oxygen atoms in total. The van der Waals surface area contributed by atoms with Gasteiger partial charge in [-0.05, 0) is 32.1 Å². The third-order valence-electron chi connectivity index (χ3n) is 8.80. The summed E-state index contributed by atoms with van der Waals surface area (Å²) in [7, 11) is 0. The van der Waals surface area contributed by atoms with Crippen LogP contribution in [0.25, 0.3) is 0 Å². The zero-order valence-electron chi connectivity index (χ0n) is 38.9. The lowest BCUT2D eigenvalue weighted by molar-refractivity contribution is -0.127. The fourth-order valence-electron chi connectivity index (χ4n) is 5.15. The number of ether oxygens (including phenoxy) is 8. The molecule has 0 unspecified atom stereocenters. The minimum atomic E-state index is -0.327. The summed E-state index contributed by atoms with van der Waals surface area (Å²) >= 11 is 0. The molecule has 0 aromatic rings. The van der Waals surface area contributed by atoms with Gasteiger partial charge >= 0.3 is 0 Å². The van der Waals surface area contributed by atoms with Gasteiger partial charge in [0.15, 0.2) is 0 Å². The van der Waals surface area contributed by atoms with Crippen molar-refractivity contribution in [3.8, 4) is 0 Å². The van der Waals surface area contributed by atoms with Crippen LogP contribution in [0.4, 0.5) is 0 Å². The van der Waals surface area contributed by atoms with Gasteiger partial charge in [-0.1, -0.05) is 19.8 Å². The van der Waals surface area contributed by atoms with Gasteiger partial charge in [-0.3, -0.25) is 38.4 Å². The maximum absolute atomic E-state index is 12.0. The average molecular weight is 951 g/mol. The van der Waals surface area contributed by atoms with Gasteiger partial charge in [0.1, 0.15) is 26.4 Å². The van der Waals surface area contributed by atoms with E-state index in [0.29, 0.717) is 38.8 Å². The van der Waals surface area contributed by atoms with Gasteiger partial charge in [0.25, 0.3) is 0 Å². The quantitative estimate of drug-likeness (QED) is 0.0288. The van der Waals surface area contributed by atoms with Crippen LogP contribution in [0.3, 0.4) is 0 Å². The normalized spacial score (nSPS) is 11.3. The van der Waals surface area contributed by atoms with Crippen LogP contribution in [0.1, 0.15) is 71.1 Å². The maximum atomic E-state index is 12.0. The zero-order chi connectivity index (χ0) is 48.7.